The second kappa shape index (κ2) is 9.11. The number of halogens is 1. The minimum atomic E-state index is -0.828. The highest BCUT2D eigenvalue weighted by Crippen LogP contribution is 2.04. The van der Waals surface area contributed by atoms with E-state index in [1.54, 1.807) is 0 Å². The van der Waals surface area contributed by atoms with Gasteiger partial charge in [0, 0.05) is 5.56 Å². The molecule has 1 aromatic heterocycles. The van der Waals surface area contributed by atoms with Gasteiger partial charge in [-0.15, -0.1) is 0 Å². The van der Waals surface area contributed by atoms with Crippen molar-refractivity contribution in [3.05, 3.63) is 59.8 Å². The average Bonchev–Trinajstić information content (AvgIpc) is 3.17. The number of amides is 2. The molecule has 0 unspecified atom stereocenters. The molecule has 0 radical (unpaired) electrons. The van der Waals surface area contributed by atoms with Crippen LogP contribution in [0.4, 0.5) is 4.39 Å². The molecule has 2 aromatic rings. The Bertz CT molecular complexity index is 786. The number of Topliss-reactive ketones (excluding diaryl/α,β-unsaturated/α-hetero) is 1. The summed E-state index contributed by atoms with van der Waals surface area (Å²) in [5, 5.41) is 4.54. The molecule has 0 aliphatic heterocycles. The van der Waals surface area contributed by atoms with Crippen LogP contribution in [0.15, 0.2) is 47.1 Å². The van der Waals surface area contributed by atoms with Gasteiger partial charge in [-0.1, -0.05) is 0 Å². The van der Waals surface area contributed by atoms with Crippen LogP contribution < -0.4 is 10.6 Å². The Balaban J connectivity index is 1.64. The van der Waals surface area contributed by atoms with Crippen LogP contribution in [0.3, 0.4) is 0 Å². The van der Waals surface area contributed by atoms with Crippen LogP contribution in [0.2, 0.25) is 0 Å². The molecule has 8 nitrogen and oxygen atoms in total. The Morgan fingerprint density at radius 3 is 2.38 bits per heavy atom. The van der Waals surface area contributed by atoms with E-state index in [-0.39, 0.29) is 17.9 Å². The molecule has 0 aliphatic carbocycles. The highest BCUT2D eigenvalue weighted by molar-refractivity contribution is 5.98. The number of carbonyl (C=O) groups is 4. The normalized spacial score (nSPS) is 10.0. The van der Waals surface area contributed by atoms with Crippen molar-refractivity contribution in [3.63, 3.8) is 0 Å². The fourth-order valence-electron chi connectivity index (χ4n) is 1.80. The number of ketones is 1. The zero-order chi connectivity index (χ0) is 18.9. The van der Waals surface area contributed by atoms with Gasteiger partial charge in [0.1, 0.15) is 12.4 Å². The maximum Gasteiger partial charge on any atom is 0.325 e. The molecule has 1 aromatic carbocycles. The van der Waals surface area contributed by atoms with Crippen molar-refractivity contribution in [2.75, 3.05) is 19.7 Å². The van der Waals surface area contributed by atoms with Crippen LogP contribution in [0, 0.1) is 5.82 Å². The number of esters is 1. The van der Waals surface area contributed by atoms with E-state index in [2.05, 4.69) is 10.6 Å². The van der Waals surface area contributed by atoms with Gasteiger partial charge < -0.3 is 19.8 Å². The molecular weight excluding hydrogens is 347 g/mol. The predicted molar refractivity (Wildman–Crippen MR) is 85.7 cm³/mol. The Kier molecular flexibility index (Phi) is 6.60. The van der Waals surface area contributed by atoms with Crippen molar-refractivity contribution in [1.29, 1.82) is 0 Å². The molecule has 2 rings (SSSR count). The van der Waals surface area contributed by atoms with Crippen molar-refractivity contribution < 1.29 is 32.7 Å². The van der Waals surface area contributed by atoms with Gasteiger partial charge >= 0.3 is 5.97 Å². The summed E-state index contributed by atoms with van der Waals surface area (Å²) in [6, 6.07) is 7.74. The zero-order valence-corrected chi connectivity index (χ0v) is 13.5. The van der Waals surface area contributed by atoms with E-state index in [1.807, 2.05) is 0 Å². The van der Waals surface area contributed by atoms with Crippen molar-refractivity contribution >= 4 is 23.6 Å². The Labute approximate surface area is 147 Å². The van der Waals surface area contributed by atoms with Gasteiger partial charge in [-0.25, -0.2) is 4.39 Å². The topological polar surface area (TPSA) is 115 Å². The molecule has 0 spiro atoms. The Hall–Kier alpha value is -3.49. The van der Waals surface area contributed by atoms with Gasteiger partial charge in [-0.3, -0.25) is 19.2 Å². The summed E-state index contributed by atoms with van der Waals surface area (Å²) in [6.07, 6.45) is 1.32. The molecule has 0 bridgehead atoms. The third-order valence-electron chi connectivity index (χ3n) is 3.11. The smallest absolute Gasteiger partial charge is 0.325 e. The summed E-state index contributed by atoms with van der Waals surface area (Å²) in [5.74, 6) is -2.96. The number of nitrogens with one attached hydrogen (secondary N) is 2. The van der Waals surface area contributed by atoms with E-state index in [4.69, 9.17) is 9.15 Å². The average molecular weight is 362 g/mol. The Morgan fingerprint density at radius 1 is 1.00 bits per heavy atom. The fourth-order valence-corrected chi connectivity index (χ4v) is 1.80. The van der Waals surface area contributed by atoms with Crippen LogP contribution in [-0.2, 0) is 14.3 Å². The lowest BCUT2D eigenvalue weighted by molar-refractivity contribution is -0.142. The van der Waals surface area contributed by atoms with E-state index < -0.39 is 42.5 Å². The molecule has 26 heavy (non-hydrogen) atoms. The van der Waals surface area contributed by atoms with Crippen molar-refractivity contribution in [3.8, 4) is 0 Å². The molecule has 0 saturated carbocycles. The number of furan rings is 1. The second-order valence-electron chi connectivity index (χ2n) is 5.03. The highest BCUT2D eigenvalue weighted by atomic mass is 19.1. The number of carbonyl (C=O) groups excluding carboxylic acids is 4. The molecule has 2 amide bonds. The first-order chi connectivity index (χ1) is 12.5. The van der Waals surface area contributed by atoms with E-state index in [0.717, 1.165) is 12.1 Å². The molecular formula is C17H15FN2O6. The van der Waals surface area contributed by atoms with Gasteiger partial charge in [-0.2, -0.15) is 0 Å². The molecule has 2 N–H and O–H groups in total. The predicted octanol–water partition coefficient (Wildman–Crippen LogP) is 0.691. The van der Waals surface area contributed by atoms with Crippen molar-refractivity contribution in [1.82, 2.24) is 10.6 Å². The van der Waals surface area contributed by atoms with Gasteiger partial charge in [0.05, 0.1) is 12.8 Å². The van der Waals surface area contributed by atoms with Gasteiger partial charge in [0.15, 0.2) is 18.2 Å². The van der Waals surface area contributed by atoms with Crippen LogP contribution in [0.1, 0.15) is 20.9 Å². The van der Waals surface area contributed by atoms with Crippen LogP contribution in [0.5, 0.6) is 0 Å². The number of rotatable bonds is 8. The minimum Gasteiger partial charge on any atom is -0.459 e. The first-order valence-corrected chi connectivity index (χ1v) is 7.48. The molecule has 1 heterocycles. The van der Waals surface area contributed by atoms with E-state index in [1.165, 1.54) is 30.5 Å². The third kappa shape index (κ3) is 5.86. The lowest BCUT2D eigenvalue weighted by Crippen LogP contribution is -2.39. The van der Waals surface area contributed by atoms with Crippen molar-refractivity contribution in [2.45, 2.75) is 0 Å². The van der Waals surface area contributed by atoms with Gasteiger partial charge in [-0.05, 0) is 36.4 Å². The summed E-state index contributed by atoms with van der Waals surface area (Å²) in [4.78, 5) is 46.3. The lowest BCUT2D eigenvalue weighted by atomic mass is 10.1. The van der Waals surface area contributed by atoms with Gasteiger partial charge in [0.25, 0.3) is 5.91 Å². The first kappa shape index (κ1) is 18.8. The summed E-state index contributed by atoms with van der Waals surface area (Å²) in [7, 11) is 0. The molecule has 0 atom stereocenters. The first-order valence-electron chi connectivity index (χ1n) is 7.48. The standard InChI is InChI=1S/C17H15FN2O6/c18-12-5-3-11(4-6-12)13(21)10-26-16(23)9-19-15(22)8-20-17(24)14-2-1-7-25-14/h1-7H,8-10H2,(H,19,22)(H,20,24). The Morgan fingerprint density at radius 2 is 1.73 bits per heavy atom. The SMILES string of the molecule is O=C(CNC(=O)c1ccco1)NCC(=O)OCC(=O)c1ccc(F)cc1. The molecule has 9 heteroatoms. The number of benzene rings is 1. The summed E-state index contributed by atoms with van der Waals surface area (Å²) >= 11 is 0. The quantitative estimate of drug-likeness (QED) is 0.527. The maximum absolute atomic E-state index is 12.8. The molecule has 0 saturated heterocycles. The number of hydrogen-bond donors (Lipinski definition) is 2. The van der Waals surface area contributed by atoms with Gasteiger partial charge in [0.2, 0.25) is 5.91 Å². The molecule has 0 aliphatic rings. The van der Waals surface area contributed by atoms with E-state index in [9.17, 15) is 23.6 Å². The molecule has 136 valence electrons. The monoisotopic (exact) mass is 362 g/mol. The van der Waals surface area contributed by atoms with Crippen LogP contribution >= 0.6 is 0 Å². The van der Waals surface area contributed by atoms with E-state index in [0.29, 0.717) is 0 Å². The summed E-state index contributed by atoms with van der Waals surface area (Å²) in [5.41, 5.74) is 0.198. The minimum absolute atomic E-state index is 0.0523. The lowest BCUT2D eigenvalue weighted by Gasteiger charge is -2.07. The maximum atomic E-state index is 12.8. The zero-order valence-electron chi connectivity index (χ0n) is 13.5. The number of hydrogen-bond acceptors (Lipinski definition) is 6. The van der Waals surface area contributed by atoms with E-state index >= 15 is 0 Å². The van der Waals surface area contributed by atoms with Crippen molar-refractivity contribution in [2.24, 2.45) is 0 Å². The number of ether oxygens (including phenoxy) is 1. The third-order valence-corrected chi connectivity index (χ3v) is 3.11. The highest BCUT2D eigenvalue weighted by Gasteiger charge is 2.13. The van der Waals surface area contributed by atoms with Crippen LogP contribution in [0.25, 0.3) is 0 Å². The molecule has 0 fully saturated rings. The second-order valence-corrected chi connectivity index (χ2v) is 5.03. The van der Waals surface area contributed by atoms with Crippen LogP contribution in [-0.4, -0.2) is 43.3 Å². The fraction of sp³-hybridized carbons (Fsp3) is 0.176. The summed E-state index contributed by atoms with van der Waals surface area (Å²) < 4.78 is 22.3. The largest absolute Gasteiger partial charge is 0.459 e. The summed E-state index contributed by atoms with van der Waals surface area (Å²) in [6.45, 7) is -1.36.